The number of aryl methyl sites for hydroxylation is 1. The highest BCUT2D eigenvalue weighted by Crippen LogP contribution is 2.28. The van der Waals surface area contributed by atoms with E-state index < -0.39 is 0 Å². The molecule has 1 amide bonds. The number of benzene rings is 1. The summed E-state index contributed by atoms with van der Waals surface area (Å²) in [6.07, 6.45) is 1.28. The second kappa shape index (κ2) is 5.69. The van der Waals surface area contributed by atoms with Crippen molar-refractivity contribution in [2.75, 3.05) is 26.0 Å². The van der Waals surface area contributed by atoms with Crippen LogP contribution in [0.2, 0.25) is 0 Å². The fourth-order valence-corrected chi connectivity index (χ4v) is 2.62. The van der Waals surface area contributed by atoms with Gasteiger partial charge in [0.2, 0.25) is 5.91 Å². The van der Waals surface area contributed by atoms with Crippen LogP contribution in [0.25, 0.3) is 0 Å². The molecule has 19 heavy (non-hydrogen) atoms. The van der Waals surface area contributed by atoms with Crippen LogP contribution >= 0.6 is 0 Å². The molecular formula is C14H21N3O2. The van der Waals surface area contributed by atoms with E-state index in [1.807, 2.05) is 31.1 Å². The summed E-state index contributed by atoms with van der Waals surface area (Å²) in [5.74, 6) is 0.0662. The zero-order valence-electron chi connectivity index (χ0n) is 11.4. The maximum Gasteiger partial charge on any atom is 0.224 e. The average Bonchev–Trinajstić information content (AvgIpc) is 2.38. The number of likely N-dealkylation sites (N-methyl/N-ethyl adjacent to an activating group) is 1. The monoisotopic (exact) mass is 263 g/mol. The molecule has 2 rings (SSSR count). The van der Waals surface area contributed by atoms with Crippen molar-refractivity contribution in [3.8, 4) is 0 Å². The van der Waals surface area contributed by atoms with Gasteiger partial charge in [0.15, 0.2) is 0 Å². The van der Waals surface area contributed by atoms with Crippen LogP contribution in [0.4, 0.5) is 5.69 Å². The van der Waals surface area contributed by atoms with E-state index in [0.29, 0.717) is 6.42 Å². The van der Waals surface area contributed by atoms with Gasteiger partial charge in [0.1, 0.15) is 0 Å². The molecule has 2 atom stereocenters. The van der Waals surface area contributed by atoms with Gasteiger partial charge in [0.05, 0.1) is 12.6 Å². The molecule has 0 bridgehead atoms. The summed E-state index contributed by atoms with van der Waals surface area (Å²) in [5.41, 5.74) is 9.08. The van der Waals surface area contributed by atoms with E-state index in [1.165, 1.54) is 0 Å². The Kier molecular flexibility index (Phi) is 4.19. The normalized spacial score (nSPS) is 17.8. The van der Waals surface area contributed by atoms with Crippen molar-refractivity contribution in [2.24, 2.45) is 5.73 Å². The quantitative estimate of drug-likeness (QED) is 0.739. The summed E-state index contributed by atoms with van der Waals surface area (Å²) in [6, 6.07) is 5.60. The number of fused-ring (bicyclic) bond motifs is 1. The number of aliphatic hydroxyl groups is 1. The van der Waals surface area contributed by atoms with E-state index in [0.717, 1.165) is 23.2 Å². The third-order valence-electron chi connectivity index (χ3n) is 3.54. The van der Waals surface area contributed by atoms with Crippen LogP contribution in [0.1, 0.15) is 23.6 Å². The van der Waals surface area contributed by atoms with Gasteiger partial charge < -0.3 is 21.1 Å². The van der Waals surface area contributed by atoms with E-state index in [9.17, 15) is 9.90 Å². The Morgan fingerprint density at radius 1 is 1.42 bits per heavy atom. The maximum atomic E-state index is 11.3. The van der Waals surface area contributed by atoms with Crippen molar-refractivity contribution >= 4 is 11.6 Å². The van der Waals surface area contributed by atoms with Gasteiger partial charge in [-0.1, -0.05) is 12.1 Å². The van der Waals surface area contributed by atoms with Gasteiger partial charge in [-0.3, -0.25) is 4.79 Å². The number of nitrogens with one attached hydrogen (secondary N) is 1. The lowest BCUT2D eigenvalue weighted by atomic mass is 9.94. The summed E-state index contributed by atoms with van der Waals surface area (Å²) in [5, 5.41) is 12.1. The number of aliphatic hydroxyl groups excluding tert-OH is 1. The molecule has 1 aromatic rings. The number of carbonyl (C=O) groups excluding carboxylic acids is 1. The topological polar surface area (TPSA) is 78.6 Å². The van der Waals surface area contributed by atoms with Crippen LogP contribution in [0, 0.1) is 0 Å². The minimum atomic E-state index is -0.328. The second-order valence-electron chi connectivity index (χ2n) is 5.22. The van der Waals surface area contributed by atoms with Gasteiger partial charge in [-0.25, -0.2) is 0 Å². The van der Waals surface area contributed by atoms with Gasteiger partial charge in [0, 0.05) is 18.2 Å². The first-order chi connectivity index (χ1) is 9.02. The fraction of sp³-hybridized carbons (Fsp3) is 0.500. The SMILES string of the molecule is CN(C)C(c1ccc2c(c1)CCC(=O)N2)C(N)CO. The minimum absolute atomic E-state index is 0.0343. The standard InChI is InChI=1S/C14H21N3O2/c1-17(2)14(11(15)8-18)10-3-5-12-9(7-10)4-6-13(19)16-12/h3,5,7,11,14,18H,4,6,8,15H2,1-2H3,(H,16,19). The zero-order chi connectivity index (χ0) is 14.0. The Morgan fingerprint density at radius 3 is 2.79 bits per heavy atom. The number of carbonyl (C=O) groups is 1. The molecule has 0 saturated carbocycles. The lowest BCUT2D eigenvalue weighted by Gasteiger charge is -2.30. The molecule has 104 valence electrons. The van der Waals surface area contributed by atoms with Gasteiger partial charge in [0.25, 0.3) is 0 Å². The van der Waals surface area contributed by atoms with Gasteiger partial charge in [-0.2, -0.15) is 0 Å². The van der Waals surface area contributed by atoms with Crippen molar-refractivity contribution in [3.05, 3.63) is 29.3 Å². The van der Waals surface area contributed by atoms with Crippen molar-refractivity contribution in [2.45, 2.75) is 24.9 Å². The summed E-state index contributed by atoms with van der Waals surface area (Å²) in [7, 11) is 3.89. The lowest BCUT2D eigenvalue weighted by molar-refractivity contribution is -0.116. The highest BCUT2D eigenvalue weighted by Gasteiger charge is 2.23. The van der Waals surface area contributed by atoms with Gasteiger partial charge >= 0.3 is 0 Å². The molecule has 2 unspecified atom stereocenters. The second-order valence-corrected chi connectivity index (χ2v) is 5.22. The molecule has 1 aromatic carbocycles. The third-order valence-corrected chi connectivity index (χ3v) is 3.54. The number of nitrogens with zero attached hydrogens (tertiary/aromatic N) is 1. The maximum absolute atomic E-state index is 11.3. The molecule has 0 spiro atoms. The van der Waals surface area contributed by atoms with Crippen LogP contribution in [0.15, 0.2) is 18.2 Å². The highest BCUT2D eigenvalue weighted by molar-refractivity contribution is 5.93. The van der Waals surface area contributed by atoms with Crippen LogP contribution < -0.4 is 11.1 Å². The van der Waals surface area contributed by atoms with Crippen molar-refractivity contribution in [1.82, 2.24) is 4.90 Å². The predicted octanol–water partition coefficient (Wildman–Crippen LogP) is 0.494. The molecule has 1 aliphatic heterocycles. The number of rotatable bonds is 4. The molecule has 1 aliphatic rings. The first kappa shape index (κ1) is 14.0. The predicted molar refractivity (Wildman–Crippen MR) is 74.9 cm³/mol. The first-order valence-electron chi connectivity index (χ1n) is 6.48. The number of anilines is 1. The Hall–Kier alpha value is -1.43. The summed E-state index contributed by atoms with van der Waals surface area (Å²) in [4.78, 5) is 13.3. The van der Waals surface area contributed by atoms with Crippen LogP contribution in [-0.2, 0) is 11.2 Å². The van der Waals surface area contributed by atoms with E-state index in [1.54, 1.807) is 0 Å². The van der Waals surface area contributed by atoms with Crippen molar-refractivity contribution in [3.63, 3.8) is 0 Å². The van der Waals surface area contributed by atoms with E-state index >= 15 is 0 Å². The Balaban J connectivity index is 2.32. The summed E-state index contributed by atoms with van der Waals surface area (Å²) < 4.78 is 0. The Bertz CT molecular complexity index is 474. The van der Waals surface area contributed by atoms with E-state index in [4.69, 9.17) is 5.73 Å². The summed E-state index contributed by atoms with van der Waals surface area (Å²) >= 11 is 0. The molecule has 5 heteroatoms. The summed E-state index contributed by atoms with van der Waals surface area (Å²) in [6.45, 7) is -0.0589. The number of amides is 1. The molecule has 5 nitrogen and oxygen atoms in total. The molecule has 1 heterocycles. The zero-order valence-corrected chi connectivity index (χ0v) is 11.4. The Morgan fingerprint density at radius 2 is 2.16 bits per heavy atom. The Labute approximate surface area is 113 Å². The van der Waals surface area contributed by atoms with Crippen LogP contribution in [0.3, 0.4) is 0 Å². The minimum Gasteiger partial charge on any atom is -0.395 e. The van der Waals surface area contributed by atoms with Crippen molar-refractivity contribution < 1.29 is 9.90 Å². The first-order valence-corrected chi connectivity index (χ1v) is 6.48. The van der Waals surface area contributed by atoms with E-state index in [2.05, 4.69) is 11.4 Å². The average molecular weight is 263 g/mol. The van der Waals surface area contributed by atoms with Crippen LogP contribution in [0.5, 0.6) is 0 Å². The molecule has 0 radical (unpaired) electrons. The molecule has 4 N–H and O–H groups in total. The molecule has 0 saturated heterocycles. The van der Waals surface area contributed by atoms with Crippen LogP contribution in [-0.4, -0.2) is 42.7 Å². The molecule has 0 aromatic heterocycles. The van der Waals surface area contributed by atoms with E-state index in [-0.39, 0.29) is 24.6 Å². The smallest absolute Gasteiger partial charge is 0.224 e. The number of hydrogen-bond acceptors (Lipinski definition) is 4. The number of nitrogens with two attached hydrogens (primary N) is 1. The third kappa shape index (κ3) is 2.94. The molecule has 0 fully saturated rings. The number of hydrogen-bond donors (Lipinski definition) is 3. The van der Waals surface area contributed by atoms with Gasteiger partial charge in [-0.05, 0) is 37.7 Å². The lowest BCUT2D eigenvalue weighted by Crippen LogP contribution is -2.40. The molecular weight excluding hydrogens is 242 g/mol. The molecule has 0 aliphatic carbocycles. The highest BCUT2D eigenvalue weighted by atomic mass is 16.3. The van der Waals surface area contributed by atoms with Crippen molar-refractivity contribution in [1.29, 1.82) is 0 Å². The van der Waals surface area contributed by atoms with Gasteiger partial charge in [-0.15, -0.1) is 0 Å². The fourth-order valence-electron chi connectivity index (χ4n) is 2.62. The largest absolute Gasteiger partial charge is 0.395 e.